The first kappa shape index (κ1) is 25.6. The number of hydrogen-bond donors (Lipinski definition) is 1. The van der Waals surface area contributed by atoms with Gasteiger partial charge in [-0.25, -0.2) is 8.42 Å². The maximum Gasteiger partial charge on any atom is 0.324 e. The highest BCUT2D eigenvalue weighted by Gasteiger charge is 2.38. The van der Waals surface area contributed by atoms with Crippen molar-refractivity contribution in [2.75, 3.05) is 6.61 Å². The molecule has 0 radical (unpaired) electrons. The molecule has 0 fully saturated rings. The van der Waals surface area contributed by atoms with Gasteiger partial charge in [0.2, 0.25) is 10.0 Å². The van der Waals surface area contributed by atoms with Crippen LogP contribution in [0.1, 0.15) is 52.7 Å². The fourth-order valence-corrected chi connectivity index (χ4v) is 5.03. The Morgan fingerprint density at radius 1 is 1.24 bits per heavy atom. The predicted octanol–water partition coefficient (Wildman–Crippen LogP) is 4.56. The van der Waals surface area contributed by atoms with Crippen LogP contribution in [-0.2, 0) is 24.0 Å². The zero-order valence-electron chi connectivity index (χ0n) is 18.6. The summed E-state index contributed by atoms with van der Waals surface area (Å²) in [6.07, 6.45) is 1.48. The molecule has 1 N–H and O–H groups in total. The van der Waals surface area contributed by atoms with Crippen LogP contribution in [0.25, 0.3) is 0 Å². The molecule has 1 aromatic carbocycles. The molecular weight excluding hydrogens is 406 g/mol. The van der Waals surface area contributed by atoms with Crippen LogP contribution in [0, 0.1) is 0 Å². The van der Waals surface area contributed by atoms with E-state index >= 15 is 0 Å². The van der Waals surface area contributed by atoms with Gasteiger partial charge in [0.1, 0.15) is 6.04 Å². The number of rotatable bonds is 10. The van der Waals surface area contributed by atoms with Gasteiger partial charge in [-0.3, -0.25) is 4.79 Å². The summed E-state index contributed by atoms with van der Waals surface area (Å²) in [4.78, 5) is 12.1. The highest BCUT2D eigenvalue weighted by atomic mass is 32.2. The number of hydrogen-bond acceptors (Lipinski definition) is 5. The second-order valence-electron chi connectivity index (χ2n) is 8.54. The summed E-state index contributed by atoms with van der Waals surface area (Å²) >= 11 is 0. The van der Waals surface area contributed by atoms with Gasteiger partial charge in [0.15, 0.2) is 8.32 Å². The molecule has 0 aromatic heterocycles. The van der Waals surface area contributed by atoms with Crippen molar-refractivity contribution in [1.29, 1.82) is 0 Å². The molecule has 0 aliphatic heterocycles. The van der Waals surface area contributed by atoms with Gasteiger partial charge in [-0.15, -0.1) is 6.58 Å². The Balaban J connectivity index is 2.98. The van der Waals surface area contributed by atoms with Gasteiger partial charge in [-0.2, -0.15) is 4.72 Å². The summed E-state index contributed by atoms with van der Waals surface area (Å²) in [5.41, 5.74) is 0.904. The number of carbonyl (C=O) groups is 1. The second-order valence-corrected chi connectivity index (χ2v) is 15.0. The van der Waals surface area contributed by atoms with Gasteiger partial charge in [0, 0.05) is 0 Å². The normalized spacial score (nSPS) is 14.9. The van der Waals surface area contributed by atoms with Gasteiger partial charge in [-0.1, -0.05) is 39.0 Å². The highest BCUT2D eigenvalue weighted by molar-refractivity contribution is 7.89. The first-order chi connectivity index (χ1) is 13.2. The van der Waals surface area contributed by atoms with Crippen molar-refractivity contribution in [3.8, 4) is 0 Å². The maximum absolute atomic E-state index is 12.7. The third kappa shape index (κ3) is 7.06. The molecule has 0 aliphatic rings. The minimum Gasteiger partial charge on any atom is -0.465 e. The number of sulfonamides is 1. The van der Waals surface area contributed by atoms with Gasteiger partial charge in [-0.05, 0) is 56.1 Å². The maximum atomic E-state index is 12.7. The van der Waals surface area contributed by atoms with E-state index < -0.39 is 30.4 Å². The van der Waals surface area contributed by atoms with E-state index in [1.165, 1.54) is 18.2 Å². The Bertz CT molecular complexity index is 797. The molecule has 6 nitrogen and oxygen atoms in total. The average molecular weight is 442 g/mol. The molecule has 0 unspecified atom stereocenters. The smallest absolute Gasteiger partial charge is 0.324 e. The molecule has 8 heteroatoms. The lowest BCUT2D eigenvalue weighted by Crippen LogP contribution is -2.41. The molecule has 0 heterocycles. The highest BCUT2D eigenvalue weighted by Crippen LogP contribution is 2.39. The molecule has 1 rings (SSSR count). The fraction of sp³-hybridized carbons (Fsp3) is 0.571. The van der Waals surface area contributed by atoms with Crippen molar-refractivity contribution in [1.82, 2.24) is 4.72 Å². The Kier molecular flexibility index (Phi) is 8.83. The van der Waals surface area contributed by atoms with E-state index in [1.807, 2.05) is 6.92 Å². The van der Waals surface area contributed by atoms with Gasteiger partial charge in [0.25, 0.3) is 0 Å². The van der Waals surface area contributed by atoms with Crippen molar-refractivity contribution in [2.24, 2.45) is 0 Å². The lowest BCUT2D eigenvalue weighted by molar-refractivity contribution is -0.145. The summed E-state index contributed by atoms with van der Waals surface area (Å²) in [6, 6.07) is 5.55. The van der Waals surface area contributed by atoms with Gasteiger partial charge in [0.05, 0.1) is 17.6 Å². The molecule has 29 heavy (non-hydrogen) atoms. The zero-order valence-corrected chi connectivity index (χ0v) is 20.4. The van der Waals surface area contributed by atoms with Crippen molar-refractivity contribution in [3.05, 3.63) is 42.5 Å². The fourth-order valence-electron chi connectivity index (χ4n) is 2.46. The van der Waals surface area contributed by atoms with E-state index in [1.54, 1.807) is 19.1 Å². The van der Waals surface area contributed by atoms with Crippen LogP contribution in [0.4, 0.5) is 0 Å². The first-order valence-electron chi connectivity index (χ1n) is 9.82. The van der Waals surface area contributed by atoms with E-state index in [-0.39, 0.29) is 29.1 Å². The zero-order chi connectivity index (χ0) is 22.5. The molecule has 164 valence electrons. The third-order valence-electron chi connectivity index (χ3n) is 5.21. The average Bonchev–Trinajstić information content (AvgIpc) is 2.60. The molecule has 0 aliphatic carbocycles. The lowest BCUT2D eigenvalue weighted by Gasteiger charge is -2.38. The van der Waals surface area contributed by atoms with Crippen LogP contribution >= 0.6 is 0 Å². The van der Waals surface area contributed by atoms with Crippen LogP contribution in [0.3, 0.4) is 0 Å². The van der Waals surface area contributed by atoms with E-state index in [4.69, 9.17) is 9.16 Å². The third-order valence-corrected chi connectivity index (χ3v) is 11.3. The minimum absolute atomic E-state index is 0.0825. The quantitative estimate of drug-likeness (QED) is 0.327. The monoisotopic (exact) mass is 441 g/mol. The van der Waals surface area contributed by atoms with E-state index in [0.717, 1.165) is 5.56 Å². The number of nitrogens with one attached hydrogen (secondary N) is 1. The van der Waals surface area contributed by atoms with Crippen molar-refractivity contribution in [2.45, 2.75) is 76.2 Å². The van der Waals surface area contributed by atoms with Crippen LogP contribution in [0.5, 0.6) is 0 Å². The van der Waals surface area contributed by atoms with Gasteiger partial charge < -0.3 is 9.16 Å². The van der Waals surface area contributed by atoms with Crippen molar-refractivity contribution in [3.63, 3.8) is 0 Å². The summed E-state index contributed by atoms with van der Waals surface area (Å²) in [5, 5.41) is 0.0850. The molecule has 0 amide bonds. The van der Waals surface area contributed by atoms with E-state index in [9.17, 15) is 13.2 Å². The molecule has 0 bridgehead atoms. The standard InChI is InChI=1S/C21H35NO5SSi/c1-9-11-19(20(23)26-10-2)22-28(24,25)18-14-12-17(13-15-18)16(3)27-29(7,8)21(4,5)6/h9,12-16,19,22H,1,10-11H2,2-8H3/t16-,19+/m1/s1. The number of esters is 1. The molecule has 0 saturated heterocycles. The molecule has 0 saturated carbocycles. The van der Waals surface area contributed by atoms with Gasteiger partial charge >= 0.3 is 5.97 Å². The Morgan fingerprint density at radius 3 is 2.24 bits per heavy atom. The van der Waals surface area contributed by atoms with Crippen molar-refractivity contribution >= 4 is 24.3 Å². The van der Waals surface area contributed by atoms with Crippen molar-refractivity contribution < 1.29 is 22.4 Å². The molecule has 2 atom stereocenters. The lowest BCUT2D eigenvalue weighted by atomic mass is 10.1. The SMILES string of the molecule is C=CC[C@H](NS(=O)(=O)c1ccc([C@@H](C)O[Si](C)(C)C(C)(C)C)cc1)C(=O)OCC. The van der Waals surface area contributed by atoms with Crippen LogP contribution in [0.2, 0.25) is 18.1 Å². The molecule has 0 spiro atoms. The summed E-state index contributed by atoms with van der Waals surface area (Å²) in [5.74, 6) is -0.621. The second kappa shape index (κ2) is 10.0. The Labute approximate surface area is 176 Å². The largest absolute Gasteiger partial charge is 0.465 e. The number of benzene rings is 1. The van der Waals surface area contributed by atoms with Crippen LogP contribution in [-0.4, -0.2) is 35.4 Å². The minimum atomic E-state index is -3.88. The van der Waals surface area contributed by atoms with Crippen LogP contribution < -0.4 is 4.72 Å². The number of carbonyl (C=O) groups excluding carboxylic acids is 1. The molecule has 1 aromatic rings. The Morgan fingerprint density at radius 2 is 1.79 bits per heavy atom. The topological polar surface area (TPSA) is 81.7 Å². The Hall–Kier alpha value is -1.48. The first-order valence-corrected chi connectivity index (χ1v) is 14.2. The van der Waals surface area contributed by atoms with Crippen LogP contribution in [0.15, 0.2) is 41.8 Å². The summed E-state index contributed by atoms with van der Waals surface area (Å²) in [7, 11) is -5.82. The summed E-state index contributed by atoms with van der Waals surface area (Å²) < 4.78 is 39.1. The summed E-state index contributed by atoms with van der Waals surface area (Å²) in [6.45, 7) is 18.3. The predicted molar refractivity (Wildman–Crippen MR) is 119 cm³/mol. The van der Waals surface area contributed by atoms with E-state index in [0.29, 0.717) is 0 Å². The number of ether oxygens (including phenoxy) is 1. The van der Waals surface area contributed by atoms with E-state index in [2.05, 4.69) is 45.2 Å². The molecular formula is C21H35NO5SSi.